The molecule has 0 spiro atoms. The molecule has 0 bridgehead atoms. The predicted molar refractivity (Wildman–Crippen MR) is 124 cm³/mol. The molecule has 0 saturated heterocycles. The molecule has 3 N–H and O–H groups in total. The second-order valence-electron chi connectivity index (χ2n) is 8.24. The summed E-state index contributed by atoms with van der Waals surface area (Å²) >= 11 is 1.55. The summed E-state index contributed by atoms with van der Waals surface area (Å²) in [4.78, 5) is 18.3. The van der Waals surface area contributed by atoms with Gasteiger partial charge in [-0.1, -0.05) is 56.7 Å². The highest BCUT2D eigenvalue weighted by Crippen LogP contribution is 2.34. The fourth-order valence-electron chi connectivity index (χ4n) is 3.30. The first kappa shape index (κ1) is 25.1. The summed E-state index contributed by atoms with van der Waals surface area (Å²) in [5, 5.41) is 3.09. The zero-order chi connectivity index (χ0) is 22.0. The van der Waals surface area contributed by atoms with Gasteiger partial charge in [-0.25, -0.2) is 4.39 Å². The molecule has 166 valence electrons. The third-order valence-electron chi connectivity index (χ3n) is 5.14. The minimum atomic E-state index is -3.94. The van der Waals surface area contributed by atoms with Crippen molar-refractivity contribution < 1.29 is 18.7 Å². The quantitative estimate of drug-likeness (QED) is 0.205. The fraction of sp³-hybridized carbons (Fsp3) is 0.478. The molecule has 7 heteroatoms. The Balaban J connectivity index is 1.68. The number of rotatable bonds is 13. The molecule has 0 radical (unpaired) electrons. The van der Waals surface area contributed by atoms with Crippen LogP contribution < -0.4 is 5.32 Å². The van der Waals surface area contributed by atoms with E-state index in [9.17, 15) is 8.96 Å². The van der Waals surface area contributed by atoms with Gasteiger partial charge >= 0.3 is 7.60 Å². The molecular weight excluding hydrogens is 420 g/mol. The lowest BCUT2D eigenvalue weighted by Crippen LogP contribution is -2.16. The van der Waals surface area contributed by atoms with Gasteiger partial charge in [-0.15, -0.1) is 11.8 Å². The van der Waals surface area contributed by atoms with Gasteiger partial charge in [0, 0.05) is 11.4 Å². The second kappa shape index (κ2) is 12.0. The first-order valence-corrected chi connectivity index (χ1v) is 13.2. The summed E-state index contributed by atoms with van der Waals surface area (Å²) < 4.78 is 25.2. The monoisotopic (exact) mass is 453 g/mol. The van der Waals surface area contributed by atoms with Crippen LogP contribution in [0.25, 0.3) is 0 Å². The zero-order valence-corrected chi connectivity index (χ0v) is 19.5. The molecule has 4 nitrogen and oxygen atoms in total. The van der Waals surface area contributed by atoms with Crippen LogP contribution in [0.2, 0.25) is 0 Å². The predicted octanol–water partition coefficient (Wildman–Crippen LogP) is 5.72. The molecule has 0 amide bonds. The highest BCUT2D eigenvalue weighted by molar-refractivity contribution is 7.99. The topological polar surface area (TPSA) is 69.6 Å². The maximum absolute atomic E-state index is 14.3. The van der Waals surface area contributed by atoms with Crippen LogP contribution in [0, 0.1) is 5.82 Å². The fourth-order valence-corrected chi connectivity index (χ4v) is 4.80. The zero-order valence-electron chi connectivity index (χ0n) is 17.8. The standard InChI is InChI=1S/C23H33FNO3PS/c1-23(2,20-9-4-3-5-10-20)13-6-7-16-30-22-12-11-19(17-21(22)24)18-25-14-8-15-29(26,27)28/h3-5,9-12,17,25H,6-8,13-16,18H2,1-2H3,(H2,26,27,28). The molecule has 0 aliphatic rings. The van der Waals surface area contributed by atoms with Crippen LogP contribution in [0.4, 0.5) is 4.39 Å². The van der Waals surface area contributed by atoms with E-state index in [0.29, 0.717) is 24.4 Å². The summed E-state index contributed by atoms with van der Waals surface area (Å²) in [6.45, 7) is 5.52. The third kappa shape index (κ3) is 9.32. The largest absolute Gasteiger partial charge is 0.325 e. The molecule has 0 aromatic heterocycles. The van der Waals surface area contributed by atoms with Crippen molar-refractivity contribution in [1.82, 2.24) is 5.32 Å². The summed E-state index contributed by atoms with van der Waals surface area (Å²) in [5.74, 6) is 0.682. The molecule has 2 aromatic rings. The van der Waals surface area contributed by atoms with Gasteiger partial charge in [-0.3, -0.25) is 4.57 Å². The van der Waals surface area contributed by atoms with Crippen molar-refractivity contribution in [3.05, 3.63) is 65.5 Å². The number of unbranched alkanes of at least 4 members (excludes halogenated alkanes) is 1. The molecule has 0 fully saturated rings. The van der Waals surface area contributed by atoms with Gasteiger partial charge in [-0.05, 0) is 60.2 Å². The van der Waals surface area contributed by atoms with Crippen LogP contribution in [0.1, 0.15) is 50.7 Å². The van der Waals surface area contributed by atoms with Crippen molar-refractivity contribution in [1.29, 1.82) is 0 Å². The lowest BCUT2D eigenvalue weighted by atomic mass is 9.80. The van der Waals surface area contributed by atoms with Crippen LogP contribution in [0.15, 0.2) is 53.4 Å². The highest BCUT2D eigenvalue weighted by atomic mass is 32.2. The lowest BCUT2D eigenvalue weighted by molar-refractivity contribution is 0.371. The number of thioether (sulfide) groups is 1. The van der Waals surface area contributed by atoms with E-state index in [1.807, 2.05) is 18.2 Å². The van der Waals surface area contributed by atoms with Crippen LogP contribution in [0.5, 0.6) is 0 Å². The van der Waals surface area contributed by atoms with E-state index in [1.165, 1.54) is 11.6 Å². The molecule has 0 aliphatic heterocycles. The Labute approximate surface area is 183 Å². The number of nitrogens with one attached hydrogen (secondary N) is 1. The normalized spacial score (nSPS) is 12.3. The summed E-state index contributed by atoms with van der Waals surface area (Å²) in [6, 6.07) is 15.8. The van der Waals surface area contributed by atoms with Gasteiger partial charge in [0.25, 0.3) is 0 Å². The van der Waals surface area contributed by atoms with Gasteiger partial charge in [0.1, 0.15) is 5.82 Å². The van der Waals surface area contributed by atoms with Crippen molar-refractivity contribution in [3.8, 4) is 0 Å². The van der Waals surface area contributed by atoms with Crippen molar-refractivity contribution >= 4 is 19.4 Å². The molecule has 0 aliphatic carbocycles. The first-order chi connectivity index (χ1) is 14.2. The minimum absolute atomic E-state index is 0.132. The smallest absolute Gasteiger partial charge is 0.324 e. The van der Waals surface area contributed by atoms with Gasteiger partial charge < -0.3 is 15.1 Å². The molecule has 0 atom stereocenters. The number of benzene rings is 2. The number of hydrogen-bond acceptors (Lipinski definition) is 3. The van der Waals surface area contributed by atoms with Gasteiger partial charge in [0.05, 0.1) is 6.16 Å². The minimum Gasteiger partial charge on any atom is -0.324 e. The van der Waals surface area contributed by atoms with Crippen LogP contribution in [0.3, 0.4) is 0 Å². The Morgan fingerprint density at radius 3 is 2.47 bits per heavy atom. The molecular formula is C23H33FNO3PS. The van der Waals surface area contributed by atoms with Crippen molar-refractivity contribution in [3.63, 3.8) is 0 Å². The first-order valence-electron chi connectivity index (χ1n) is 10.4. The molecule has 0 saturated carbocycles. The second-order valence-corrected chi connectivity index (χ2v) is 11.2. The van der Waals surface area contributed by atoms with E-state index in [4.69, 9.17) is 9.79 Å². The van der Waals surface area contributed by atoms with E-state index in [0.717, 1.165) is 30.6 Å². The van der Waals surface area contributed by atoms with Crippen LogP contribution in [-0.4, -0.2) is 28.2 Å². The Kier molecular flexibility index (Phi) is 10.1. The lowest BCUT2D eigenvalue weighted by Gasteiger charge is -2.25. The maximum Gasteiger partial charge on any atom is 0.325 e. The number of hydrogen-bond donors (Lipinski definition) is 3. The molecule has 2 aromatic carbocycles. The average molecular weight is 454 g/mol. The Hall–Kier alpha value is -1.17. The summed E-state index contributed by atoms with van der Waals surface area (Å²) in [5.41, 5.74) is 2.34. The van der Waals surface area contributed by atoms with Gasteiger partial charge in [-0.2, -0.15) is 0 Å². The average Bonchev–Trinajstić information content (AvgIpc) is 2.68. The van der Waals surface area contributed by atoms with Crippen molar-refractivity contribution in [2.45, 2.75) is 56.4 Å². The number of halogens is 1. The Morgan fingerprint density at radius 2 is 1.80 bits per heavy atom. The SMILES string of the molecule is CC(C)(CCCCSc1ccc(CNCCCP(=O)(O)O)cc1F)c1ccccc1. The van der Waals surface area contributed by atoms with E-state index in [1.54, 1.807) is 11.8 Å². The maximum atomic E-state index is 14.3. The molecule has 0 unspecified atom stereocenters. The Morgan fingerprint density at radius 1 is 1.07 bits per heavy atom. The highest BCUT2D eigenvalue weighted by Gasteiger charge is 2.19. The van der Waals surface area contributed by atoms with E-state index in [-0.39, 0.29) is 17.4 Å². The third-order valence-corrected chi connectivity index (χ3v) is 7.17. The van der Waals surface area contributed by atoms with E-state index >= 15 is 0 Å². The molecule has 0 heterocycles. The van der Waals surface area contributed by atoms with Crippen LogP contribution in [-0.2, 0) is 16.5 Å². The van der Waals surface area contributed by atoms with Crippen molar-refractivity contribution in [2.24, 2.45) is 0 Å². The summed E-state index contributed by atoms with van der Waals surface area (Å²) in [7, 11) is -3.94. The van der Waals surface area contributed by atoms with E-state index < -0.39 is 7.60 Å². The Bertz CT molecular complexity index is 826. The molecule has 2 rings (SSSR count). The molecule has 30 heavy (non-hydrogen) atoms. The summed E-state index contributed by atoms with van der Waals surface area (Å²) in [6.07, 6.45) is 3.51. The van der Waals surface area contributed by atoms with E-state index in [2.05, 4.69) is 43.4 Å². The van der Waals surface area contributed by atoms with Crippen LogP contribution >= 0.6 is 19.4 Å². The van der Waals surface area contributed by atoms with Gasteiger partial charge in [0.2, 0.25) is 0 Å². The van der Waals surface area contributed by atoms with Gasteiger partial charge in [0.15, 0.2) is 0 Å². The van der Waals surface area contributed by atoms with Crippen molar-refractivity contribution in [2.75, 3.05) is 18.5 Å².